The topological polar surface area (TPSA) is 46.2 Å². The molecule has 3 radical (unpaired) electrons. The average molecular weight is 366 g/mol. The van der Waals surface area contributed by atoms with Crippen molar-refractivity contribution in [3.05, 3.63) is 0 Å². The third-order valence-corrected chi connectivity index (χ3v) is 14.3. The van der Waals surface area contributed by atoms with Crippen LogP contribution in [-0.2, 0) is 20.9 Å². The Morgan fingerprint density at radius 3 is 1.71 bits per heavy atom. The smallest absolute Gasteiger partial charge is 0.414 e. The quantitative estimate of drug-likeness (QED) is 0.487. The van der Waals surface area contributed by atoms with Crippen LogP contribution in [0.25, 0.3) is 0 Å². The van der Waals surface area contributed by atoms with E-state index in [1.54, 1.807) is 0 Å². The second kappa shape index (κ2) is 10.4. The van der Waals surface area contributed by atoms with E-state index < -0.39 is 36.7 Å². The molecular formula is C12H29O5Si4. The Morgan fingerprint density at radius 1 is 0.810 bits per heavy atom. The molecule has 1 aliphatic rings. The summed E-state index contributed by atoms with van der Waals surface area (Å²) in [6.45, 7) is 11.3. The third-order valence-electron chi connectivity index (χ3n) is 3.11. The van der Waals surface area contributed by atoms with Gasteiger partial charge in [-0.1, -0.05) is 41.0 Å². The van der Waals surface area contributed by atoms with Crippen molar-refractivity contribution < 1.29 is 20.9 Å². The zero-order valence-electron chi connectivity index (χ0n) is 14.0. The lowest BCUT2D eigenvalue weighted by molar-refractivity contribution is 0.134. The van der Waals surface area contributed by atoms with Gasteiger partial charge in [-0.15, -0.1) is 0 Å². The van der Waals surface area contributed by atoms with Crippen LogP contribution in [0.5, 0.6) is 0 Å². The van der Waals surface area contributed by atoms with Crippen molar-refractivity contribution in [1.82, 2.24) is 0 Å². The Hall–Kier alpha value is 0.668. The van der Waals surface area contributed by atoms with Gasteiger partial charge in [0.1, 0.15) is 0 Å². The van der Waals surface area contributed by atoms with Gasteiger partial charge in [-0.25, -0.2) is 0 Å². The van der Waals surface area contributed by atoms with Gasteiger partial charge in [0, 0.05) is 12.7 Å². The van der Waals surface area contributed by atoms with Crippen LogP contribution in [0, 0.1) is 0 Å². The van der Waals surface area contributed by atoms with E-state index in [4.69, 9.17) is 20.9 Å². The molecular weight excluding hydrogens is 336 g/mol. The standard InChI is InChI=1S/C12H29O5Si4/c1-6-11-12-13-21(10-5)16-19(8-3)14-18(7-2)15-20(9-4)17-21/h6-12H2,1-5H3. The molecule has 0 bridgehead atoms. The summed E-state index contributed by atoms with van der Waals surface area (Å²) in [4.78, 5) is 0. The summed E-state index contributed by atoms with van der Waals surface area (Å²) >= 11 is 0. The molecule has 1 saturated heterocycles. The van der Waals surface area contributed by atoms with E-state index in [2.05, 4.69) is 34.6 Å². The molecule has 0 aromatic heterocycles. The van der Waals surface area contributed by atoms with Crippen LogP contribution < -0.4 is 0 Å². The van der Waals surface area contributed by atoms with Crippen LogP contribution >= 0.6 is 0 Å². The lowest BCUT2D eigenvalue weighted by Gasteiger charge is -2.37. The van der Waals surface area contributed by atoms with E-state index in [0.29, 0.717) is 6.61 Å². The molecule has 0 aromatic carbocycles. The predicted molar refractivity (Wildman–Crippen MR) is 90.1 cm³/mol. The number of hydrogen-bond donors (Lipinski definition) is 0. The number of hydrogen-bond acceptors (Lipinski definition) is 5. The zero-order valence-corrected chi connectivity index (χ0v) is 18.0. The van der Waals surface area contributed by atoms with Crippen LogP contribution in [0.2, 0.25) is 24.2 Å². The maximum Gasteiger partial charge on any atom is 0.482 e. The van der Waals surface area contributed by atoms with E-state index in [0.717, 1.165) is 37.0 Å². The summed E-state index contributed by atoms with van der Waals surface area (Å²) in [7, 11) is -6.56. The summed E-state index contributed by atoms with van der Waals surface area (Å²) < 4.78 is 31.1. The first-order valence-electron chi connectivity index (χ1n) is 8.08. The molecule has 9 heteroatoms. The fourth-order valence-electron chi connectivity index (χ4n) is 1.79. The molecule has 0 saturated carbocycles. The van der Waals surface area contributed by atoms with E-state index in [1.165, 1.54) is 0 Å². The Balaban J connectivity index is 2.82. The van der Waals surface area contributed by atoms with Gasteiger partial charge in [0.15, 0.2) is 0 Å². The predicted octanol–water partition coefficient (Wildman–Crippen LogP) is 3.37. The molecule has 123 valence electrons. The van der Waals surface area contributed by atoms with E-state index in [-0.39, 0.29) is 0 Å². The Labute approximate surface area is 136 Å². The van der Waals surface area contributed by atoms with Gasteiger partial charge < -0.3 is 20.9 Å². The lowest BCUT2D eigenvalue weighted by Crippen LogP contribution is -2.57. The van der Waals surface area contributed by atoms with Gasteiger partial charge in [0.25, 0.3) is 0 Å². The van der Waals surface area contributed by atoms with Gasteiger partial charge >= 0.3 is 36.7 Å². The van der Waals surface area contributed by atoms with Gasteiger partial charge in [-0.2, -0.15) is 0 Å². The molecule has 1 heterocycles. The normalized spacial score (nSPS) is 22.1. The molecule has 1 fully saturated rings. The number of rotatable bonds is 8. The minimum absolute atomic E-state index is 0.708. The average Bonchev–Trinajstić information content (AvgIpc) is 2.49. The Kier molecular flexibility index (Phi) is 9.80. The molecule has 0 aliphatic carbocycles. The molecule has 0 amide bonds. The van der Waals surface area contributed by atoms with E-state index >= 15 is 0 Å². The molecule has 1 rings (SSSR count). The minimum Gasteiger partial charge on any atom is -0.414 e. The highest BCUT2D eigenvalue weighted by Crippen LogP contribution is 2.24. The van der Waals surface area contributed by atoms with Gasteiger partial charge in [-0.3, -0.25) is 0 Å². The molecule has 5 nitrogen and oxygen atoms in total. The Bertz CT molecular complexity index is 268. The summed E-state index contributed by atoms with van der Waals surface area (Å²) in [6, 6.07) is 3.51. The highest BCUT2D eigenvalue weighted by Gasteiger charge is 2.48. The van der Waals surface area contributed by atoms with Gasteiger partial charge in [0.2, 0.25) is 0 Å². The Morgan fingerprint density at radius 2 is 1.33 bits per heavy atom. The van der Waals surface area contributed by atoms with Gasteiger partial charge in [-0.05, 0) is 24.6 Å². The van der Waals surface area contributed by atoms with Crippen molar-refractivity contribution in [2.75, 3.05) is 6.61 Å². The summed E-state index contributed by atoms with van der Waals surface area (Å²) in [5, 5.41) is 0. The fourth-order valence-corrected chi connectivity index (χ4v) is 14.5. The fraction of sp³-hybridized carbons (Fsp3) is 1.00. The van der Waals surface area contributed by atoms with Crippen molar-refractivity contribution in [2.24, 2.45) is 0 Å². The first kappa shape index (κ1) is 19.7. The SMILES string of the molecule is CCCCO[Si]1(CC)O[Si](CC)O[Si](CC)O[Si](CC)O1. The van der Waals surface area contributed by atoms with Crippen LogP contribution in [0.1, 0.15) is 47.5 Å². The lowest BCUT2D eigenvalue weighted by atomic mass is 10.4. The number of unbranched alkanes of at least 4 members (excludes halogenated alkanes) is 1. The molecule has 21 heavy (non-hydrogen) atoms. The molecule has 0 atom stereocenters. The second-order valence-electron chi connectivity index (χ2n) is 4.82. The van der Waals surface area contributed by atoms with Gasteiger partial charge in [0.05, 0.1) is 0 Å². The van der Waals surface area contributed by atoms with Crippen LogP contribution in [0.4, 0.5) is 0 Å². The van der Waals surface area contributed by atoms with Crippen molar-refractivity contribution >= 4 is 36.7 Å². The van der Waals surface area contributed by atoms with Crippen molar-refractivity contribution in [1.29, 1.82) is 0 Å². The summed E-state index contributed by atoms with van der Waals surface area (Å²) in [5.41, 5.74) is 0. The summed E-state index contributed by atoms with van der Waals surface area (Å²) in [5.74, 6) is 0. The maximum atomic E-state index is 6.33. The highest BCUT2D eigenvalue weighted by atomic mass is 28.5. The first-order valence-corrected chi connectivity index (χ1v) is 14.6. The van der Waals surface area contributed by atoms with Crippen LogP contribution in [0.3, 0.4) is 0 Å². The maximum absolute atomic E-state index is 6.33. The molecule has 0 aromatic rings. The van der Waals surface area contributed by atoms with E-state index in [9.17, 15) is 0 Å². The molecule has 0 N–H and O–H groups in total. The van der Waals surface area contributed by atoms with Crippen molar-refractivity contribution in [3.8, 4) is 0 Å². The zero-order chi connectivity index (χ0) is 15.7. The molecule has 1 aliphatic heterocycles. The summed E-state index contributed by atoms with van der Waals surface area (Å²) in [6.07, 6.45) is 2.15. The minimum atomic E-state index is -2.63. The first-order chi connectivity index (χ1) is 10.1. The van der Waals surface area contributed by atoms with Crippen LogP contribution in [-0.4, -0.2) is 43.3 Å². The van der Waals surface area contributed by atoms with Crippen molar-refractivity contribution in [2.45, 2.75) is 71.6 Å². The monoisotopic (exact) mass is 365 g/mol. The second-order valence-corrected chi connectivity index (χ2v) is 14.8. The molecule has 0 unspecified atom stereocenters. The third kappa shape index (κ3) is 6.35. The largest absolute Gasteiger partial charge is 0.482 e. The van der Waals surface area contributed by atoms with Crippen LogP contribution in [0.15, 0.2) is 0 Å². The van der Waals surface area contributed by atoms with E-state index in [1.807, 2.05) is 0 Å². The van der Waals surface area contributed by atoms with Crippen molar-refractivity contribution in [3.63, 3.8) is 0 Å². The molecule has 0 spiro atoms. The highest BCUT2D eigenvalue weighted by molar-refractivity contribution is 6.79.